The normalized spacial score (nSPS) is 18.0. The van der Waals surface area contributed by atoms with E-state index in [4.69, 9.17) is 0 Å². The molecule has 3 heteroatoms. The second kappa shape index (κ2) is 3.15. The van der Waals surface area contributed by atoms with Crippen LogP contribution in [-0.4, -0.2) is 18.1 Å². The molecule has 1 aromatic heterocycles. The van der Waals surface area contributed by atoms with Gasteiger partial charge in [0.1, 0.15) is 0 Å². The molecule has 1 aromatic rings. The van der Waals surface area contributed by atoms with E-state index in [2.05, 4.69) is 21.8 Å². The number of hydrogen-bond donors (Lipinski definition) is 1. The Morgan fingerprint density at radius 2 is 2.55 bits per heavy atom. The van der Waals surface area contributed by atoms with Gasteiger partial charge in [0.05, 0.1) is 11.2 Å². The van der Waals surface area contributed by atoms with Gasteiger partial charge in [0.2, 0.25) is 0 Å². The van der Waals surface area contributed by atoms with Gasteiger partial charge in [-0.05, 0) is 18.5 Å². The van der Waals surface area contributed by atoms with Crippen LogP contribution in [0.25, 0.3) is 5.57 Å². The Morgan fingerprint density at radius 3 is 3.18 bits per heavy atom. The van der Waals surface area contributed by atoms with Crippen molar-refractivity contribution >= 4 is 16.9 Å². The highest BCUT2D eigenvalue weighted by atomic mass is 32.1. The van der Waals surface area contributed by atoms with Crippen LogP contribution in [0.3, 0.4) is 0 Å². The molecule has 0 bridgehead atoms. The molecular formula is C8H10N2S. The quantitative estimate of drug-likeness (QED) is 0.684. The predicted octanol–water partition coefficient (Wildman–Crippen LogP) is 1.52. The summed E-state index contributed by atoms with van der Waals surface area (Å²) in [5.41, 5.74) is 4.37. The van der Waals surface area contributed by atoms with Gasteiger partial charge >= 0.3 is 0 Å². The van der Waals surface area contributed by atoms with Gasteiger partial charge in [-0.1, -0.05) is 6.08 Å². The Bertz CT molecular complexity index is 251. The van der Waals surface area contributed by atoms with Crippen molar-refractivity contribution in [3.8, 4) is 0 Å². The lowest BCUT2D eigenvalue weighted by molar-refractivity contribution is 0.738. The van der Waals surface area contributed by atoms with Crippen molar-refractivity contribution in [3.63, 3.8) is 0 Å². The zero-order valence-electron chi connectivity index (χ0n) is 6.21. The first kappa shape index (κ1) is 7.00. The van der Waals surface area contributed by atoms with Crippen molar-refractivity contribution in [3.05, 3.63) is 22.7 Å². The summed E-state index contributed by atoms with van der Waals surface area (Å²) in [5, 5.41) is 5.42. The van der Waals surface area contributed by atoms with E-state index in [1.54, 1.807) is 11.3 Å². The summed E-state index contributed by atoms with van der Waals surface area (Å²) < 4.78 is 0. The molecule has 0 aromatic carbocycles. The Labute approximate surface area is 70.0 Å². The van der Waals surface area contributed by atoms with Crippen molar-refractivity contribution in [2.24, 2.45) is 0 Å². The van der Waals surface area contributed by atoms with Crippen LogP contribution in [0.2, 0.25) is 0 Å². The number of thiazole rings is 1. The summed E-state index contributed by atoms with van der Waals surface area (Å²) in [6.45, 7) is 2.08. The molecule has 0 fully saturated rings. The lowest BCUT2D eigenvalue weighted by Crippen LogP contribution is -2.21. The average molecular weight is 166 g/mol. The summed E-state index contributed by atoms with van der Waals surface area (Å²) in [4.78, 5) is 4.25. The third kappa shape index (κ3) is 1.49. The van der Waals surface area contributed by atoms with E-state index in [1.807, 2.05) is 5.51 Å². The molecule has 0 saturated carbocycles. The van der Waals surface area contributed by atoms with Gasteiger partial charge in [-0.3, -0.25) is 0 Å². The maximum atomic E-state index is 4.25. The van der Waals surface area contributed by atoms with Crippen molar-refractivity contribution in [1.29, 1.82) is 0 Å². The van der Waals surface area contributed by atoms with E-state index in [9.17, 15) is 0 Å². The van der Waals surface area contributed by atoms with Gasteiger partial charge in [-0.25, -0.2) is 4.98 Å². The first-order chi connectivity index (χ1) is 5.47. The molecule has 0 aliphatic carbocycles. The summed E-state index contributed by atoms with van der Waals surface area (Å²) >= 11 is 1.65. The van der Waals surface area contributed by atoms with E-state index >= 15 is 0 Å². The van der Waals surface area contributed by atoms with E-state index in [1.165, 1.54) is 5.57 Å². The maximum absolute atomic E-state index is 4.25. The Kier molecular flexibility index (Phi) is 2.01. The zero-order valence-corrected chi connectivity index (χ0v) is 7.03. The molecule has 1 aliphatic rings. The molecular weight excluding hydrogens is 156 g/mol. The molecule has 1 aliphatic heterocycles. The summed E-state index contributed by atoms with van der Waals surface area (Å²) in [6.07, 6.45) is 3.40. The number of rotatable bonds is 1. The van der Waals surface area contributed by atoms with Crippen molar-refractivity contribution in [2.75, 3.05) is 13.1 Å². The molecule has 0 atom stereocenters. The van der Waals surface area contributed by atoms with Crippen LogP contribution in [-0.2, 0) is 0 Å². The highest BCUT2D eigenvalue weighted by Gasteiger charge is 2.05. The minimum absolute atomic E-state index is 0.976. The fraction of sp³-hybridized carbons (Fsp3) is 0.375. The van der Waals surface area contributed by atoms with Crippen molar-refractivity contribution in [2.45, 2.75) is 6.42 Å². The average Bonchev–Trinajstić information content (AvgIpc) is 2.58. The summed E-state index contributed by atoms with van der Waals surface area (Å²) in [6, 6.07) is 0. The SMILES string of the molecule is C1=C(c2cscn2)CNCC1. The van der Waals surface area contributed by atoms with Crippen LogP contribution >= 0.6 is 11.3 Å². The minimum atomic E-state index is 0.976. The summed E-state index contributed by atoms with van der Waals surface area (Å²) in [7, 11) is 0. The number of nitrogens with zero attached hydrogens (tertiary/aromatic N) is 1. The van der Waals surface area contributed by atoms with Crippen molar-refractivity contribution < 1.29 is 0 Å². The second-order valence-corrected chi connectivity index (χ2v) is 3.29. The topological polar surface area (TPSA) is 24.9 Å². The van der Waals surface area contributed by atoms with Crippen LogP contribution in [0.1, 0.15) is 12.1 Å². The number of aromatic nitrogens is 1. The smallest absolute Gasteiger partial charge is 0.0798 e. The number of nitrogens with one attached hydrogen (secondary N) is 1. The van der Waals surface area contributed by atoms with E-state index in [0.717, 1.165) is 25.2 Å². The molecule has 2 heterocycles. The van der Waals surface area contributed by atoms with E-state index in [-0.39, 0.29) is 0 Å². The van der Waals surface area contributed by atoms with E-state index in [0.29, 0.717) is 0 Å². The molecule has 11 heavy (non-hydrogen) atoms. The third-order valence-electron chi connectivity index (χ3n) is 1.79. The molecule has 2 nitrogen and oxygen atoms in total. The van der Waals surface area contributed by atoms with Gasteiger partial charge < -0.3 is 5.32 Å². The number of hydrogen-bond acceptors (Lipinski definition) is 3. The molecule has 0 amide bonds. The van der Waals surface area contributed by atoms with Gasteiger partial charge in [-0.15, -0.1) is 11.3 Å². The van der Waals surface area contributed by atoms with Crippen LogP contribution in [0.15, 0.2) is 17.0 Å². The van der Waals surface area contributed by atoms with Crippen LogP contribution in [0, 0.1) is 0 Å². The van der Waals surface area contributed by atoms with Gasteiger partial charge in [0.25, 0.3) is 0 Å². The molecule has 58 valence electrons. The first-order valence-electron chi connectivity index (χ1n) is 3.75. The summed E-state index contributed by atoms with van der Waals surface area (Å²) in [5.74, 6) is 0. The van der Waals surface area contributed by atoms with Gasteiger partial charge in [-0.2, -0.15) is 0 Å². The molecule has 2 rings (SSSR count). The fourth-order valence-electron chi connectivity index (χ4n) is 1.21. The van der Waals surface area contributed by atoms with Gasteiger partial charge in [0, 0.05) is 11.9 Å². The first-order valence-corrected chi connectivity index (χ1v) is 4.69. The van der Waals surface area contributed by atoms with Crippen LogP contribution < -0.4 is 5.32 Å². The molecule has 0 unspecified atom stereocenters. The highest BCUT2D eigenvalue weighted by Crippen LogP contribution is 2.15. The molecule has 0 saturated heterocycles. The van der Waals surface area contributed by atoms with Crippen molar-refractivity contribution in [1.82, 2.24) is 10.3 Å². The predicted molar refractivity (Wildman–Crippen MR) is 47.6 cm³/mol. The van der Waals surface area contributed by atoms with Crippen LogP contribution in [0.5, 0.6) is 0 Å². The molecule has 1 N–H and O–H groups in total. The Morgan fingerprint density at radius 1 is 1.55 bits per heavy atom. The van der Waals surface area contributed by atoms with E-state index < -0.39 is 0 Å². The zero-order chi connectivity index (χ0) is 7.52. The third-order valence-corrected chi connectivity index (χ3v) is 2.38. The largest absolute Gasteiger partial charge is 0.312 e. The minimum Gasteiger partial charge on any atom is -0.312 e. The fourth-order valence-corrected chi connectivity index (χ4v) is 1.79. The molecule has 0 spiro atoms. The van der Waals surface area contributed by atoms with Crippen LogP contribution in [0.4, 0.5) is 0 Å². The lowest BCUT2D eigenvalue weighted by atomic mass is 10.1. The monoisotopic (exact) mass is 166 g/mol. The Balaban J connectivity index is 2.22. The standard InChI is InChI=1S/C8H10N2S/c1-2-7(4-9-3-1)8-5-11-6-10-8/h2,5-6,9H,1,3-4H2. The highest BCUT2D eigenvalue weighted by molar-refractivity contribution is 7.07. The molecule has 0 radical (unpaired) electrons. The second-order valence-electron chi connectivity index (χ2n) is 2.57. The lowest BCUT2D eigenvalue weighted by Gasteiger charge is -2.11. The van der Waals surface area contributed by atoms with Gasteiger partial charge in [0.15, 0.2) is 0 Å². The maximum Gasteiger partial charge on any atom is 0.0798 e. The Hall–Kier alpha value is -0.670.